The molecule has 2 aliphatic rings. The Morgan fingerprint density at radius 2 is 1.57 bits per heavy atom. The van der Waals surface area contributed by atoms with Crippen molar-refractivity contribution in [2.45, 2.75) is 39.8 Å². The van der Waals surface area contributed by atoms with Gasteiger partial charge in [-0.2, -0.15) is 4.98 Å². The summed E-state index contributed by atoms with van der Waals surface area (Å²) >= 11 is 0. The second-order valence-electron chi connectivity index (χ2n) is 11.7. The molecule has 1 fully saturated rings. The average Bonchev–Trinajstić information content (AvgIpc) is 3.02. The minimum atomic E-state index is -0.288. The van der Waals surface area contributed by atoms with Crippen molar-refractivity contribution in [2.24, 2.45) is 0 Å². The van der Waals surface area contributed by atoms with Gasteiger partial charge in [-0.1, -0.05) is 36.4 Å². The van der Waals surface area contributed by atoms with Crippen LogP contribution >= 0.6 is 37.2 Å². The van der Waals surface area contributed by atoms with Crippen LogP contribution in [0, 0.1) is 19.7 Å². The number of aromatic nitrogens is 2. The number of nitrogens with one attached hydrogen (secondary N) is 1. The fourth-order valence-electron chi connectivity index (χ4n) is 6.07. The summed E-state index contributed by atoms with van der Waals surface area (Å²) in [5.74, 6) is 1.44. The number of aryl methyl sites for hydroxylation is 1. The van der Waals surface area contributed by atoms with Crippen LogP contribution in [-0.4, -0.2) is 65.0 Å². The summed E-state index contributed by atoms with van der Waals surface area (Å²) in [7, 11) is 0. The van der Waals surface area contributed by atoms with Crippen LogP contribution in [0.3, 0.4) is 0 Å². The van der Waals surface area contributed by atoms with Crippen molar-refractivity contribution in [3.05, 3.63) is 107 Å². The summed E-state index contributed by atoms with van der Waals surface area (Å²) in [5.41, 5.74) is 6.33. The Balaban J connectivity index is 0.00000200. The van der Waals surface area contributed by atoms with Gasteiger partial charge in [-0.25, -0.2) is 9.37 Å². The lowest BCUT2D eigenvalue weighted by atomic mass is 9.93. The highest BCUT2D eigenvalue weighted by Gasteiger charge is 2.28. The van der Waals surface area contributed by atoms with Gasteiger partial charge < -0.3 is 15.0 Å². The maximum absolute atomic E-state index is 13.4. The van der Waals surface area contributed by atoms with E-state index in [1.165, 1.54) is 28.8 Å². The summed E-state index contributed by atoms with van der Waals surface area (Å²) in [4.78, 5) is 29.2. The van der Waals surface area contributed by atoms with Crippen molar-refractivity contribution in [3.63, 3.8) is 0 Å². The molecule has 47 heavy (non-hydrogen) atoms. The first-order valence-electron chi connectivity index (χ1n) is 15.3. The van der Waals surface area contributed by atoms with E-state index in [4.69, 9.17) is 9.72 Å². The van der Waals surface area contributed by atoms with Gasteiger partial charge in [-0.3, -0.25) is 14.6 Å². The van der Waals surface area contributed by atoms with Gasteiger partial charge in [-0.05, 0) is 80.3 Å². The molecule has 0 amide bonds. The SMILES string of the molecule is Cc1nc(Nc2ccc(F)cc2)nc(N2CCc3cc(OC(=O)CN4CCN(Cc5ccccc5)CC4)ccc3C2C)c1C.Cl.Cl.Cl. The van der Waals surface area contributed by atoms with E-state index >= 15 is 0 Å². The zero-order valence-electron chi connectivity index (χ0n) is 26.8. The van der Waals surface area contributed by atoms with Gasteiger partial charge in [-0.15, -0.1) is 37.2 Å². The summed E-state index contributed by atoms with van der Waals surface area (Å²) in [6.45, 7) is 11.8. The van der Waals surface area contributed by atoms with Crippen molar-refractivity contribution in [2.75, 3.05) is 49.5 Å². The lowest BCUT2D eigenvalue weighted by Crippen LogP contribution is -2.48. The predicted octanol–water partition coefficient (Wildman–Crippen LogP) is 7.09. The highest BCUT2D eigenvalue weighted by Crippen LogP contribution is 2.36. The Hall–Kier alpha value is -3.47. The third kappa shape index (κ3) is 9.33. The number of ether oxygens (including phenoxy) is 1. The van der Waals surface area contributed by atoms with Crippen LogP contribution in [0.1, 0.15) is 40.9 Å². The van der Waals surface area contributed by atoms with E-state index in [0.717, 1.165) is 68.5 Å². The number of carbonyl (C=O) groups excluding carboxylic acids is 1. The van der Waals surface area contributed by atoms with Gasteiger partial charge in [0.1, 0.15) is 17.4 Å². The van der Waals surface area contributed by atoms with E-state index < -0.39 is 0 Å². The molecule has 0 aliphatic carbocycles. The number of piperazine rings is 1. The highest BCUT2D eigenvalue weighted by atomic mass is 35.5. The van der Waals surface area contributed by atoms with E-state index in [2.05, 4.69) is 62.3 Å². The first-order chi connectivity index (χ1) is 21.3. The van der Waals surface area contributed by atoms with Crippen LogP contribution in [0.2, 0.25) is 0 Å². The number of hydrogen-bond donors (Lipinski definition) is 1. The first kappa shape index (κ1) is 38.0. The average molecular weight is 704 g/mol. The number of rotatable bonds is 8. The topological polar surface area (TPSA) is 73.8 Å². The molecule has 1 saturated heterocycles. The first-order valence-corrected chi connectivity index (χ1v) is 15.3. The van der Waals surface area contributed by atoms with Gasteiger partial charge in [0.15, 0.2) is 0 Å². The minimum Gasteiger partial charge on any atom is -0.426 e. The Bertz CT molecular complexity index is 1620. The molecule has 8 nitrogen and oxygen atoms in total. The number of halogens is 4. The van der Waals surface area contributed by atoms with Crippen LogP contribution in [0.25, 0.3) is 0 Å². The Morgan fingerprint density at radius 3 is 2.28 bits per heavy atom. The van der Waals surface area contributed by atoms with Gasteiger partial charge in [0, 0.05) is 56.2 Å². The number of hydrogen-bond acceptors (Lipinski definition) is 8. The van der Waals surface area contributed by atoms with Crippen molar-refractivity contribution < 1.29 is 13.9 Å². The Labute approximate surface area is 295 Å². The summed E-state index contributed by atoms with van der Waals surface area (Å²) in [5, 5.41) is 3.21. The molecule has 1 N–H and O–H groups in total. The molecule has 2 aliphatic heterocycles. The molecule has 0 saturated carbocycles. The van der Waals surface area contributed by atoms with E-state index in [0.29, 0.717) is 18.2 Å². The zero-order valence-corrected chi connectivity index (χ0v) is 29.3. The van der Waals surface area contributed by atoms with Crippen LogP contribution in [0.15, 0.2) is 72.8 Å². The second kappa shape index (κ2) is 17.1. The molecule has 0 spiro atoms. The molecule has 1 unspecified atom stereocenters. The van der Waals surface area contributed by atoms with E-state index in [1.54, 1.807) is 12.1 Å². The van der Waals surface area contributed by atoms with E-state index in [-0.39, 0.29) is 55.0 Å². The summed E-state index contributed by atoms with van der Waals surface area (Å²) < 4.78 is 19.2. The van der Waals surface area contributed by atoms with E-state index in [9.17, 15) is 9.18 Å². The fraction of sp³-hybridized carbons (Fsp3) is 0.343. The van der Waals surface area contributed by atoms with Crippen LogP contribution < -0.4 is 15.0 Å². The standard InChI is InChI=1S/C35H39FN6O2.3ClH/c1-24-25(2)37-35(38-30-11-9-29(36)10-12-30)39-34(24)42-16-15-28-21-31(13-14-32(28)26(42)3)44-33(43)23-41-19-17-40(18-20-41)22-27-7-5-4-6-8-27;;;/h4-14,21,26H,15-20,22-23H2,1-3H3,(H,37,38,39);3*1H. The molecular formula is C35H42Cl3FN6O2. The lowest BCUT2D eigenvalue weighted by Gasteiger charge is -2.37. The van der Waals surface area contributed by atoms with Crippen LogP contribution in [-0.2, 0) is 17.8 Å². The van der Waals surface area contributed by atoms with Crippen molar-refractivity contribution in [3.8, 4) is 5.75 Å². The molecule has 1 aromatic heterocycles. The largest absolute Gasteiger partial charge is 0.426 e. The van der Waals surface area contributed by atoms with Crippen molar-refractivity contribution in [1.82, 2.24) is 19.8 Å². The van der Waals surface area contributed by atoms with Crippen molar-refractivity contribution >= 4 is 60.6 Å². The van der Waals surface area contributed by atoms with Gasteiger partial charge in [0.2, 0.25) is 5.95 Å². The molecular weight excluding hydrogens is 662 g/mol. The molecule has 3 aromatic carbocycles. The molecule has 3 heterocycles. The van der Waals surface area contributed by atoms with Crippen LogP contribution in [0.4, 0.5) is 21.8 Å². The monoisotopic (exact) mass is 702 g/mol. The normalized spacial score (nSPS) is 16.2. The second-order valence-corrected chi connectivity index (χ2v) is 11.7. The van der Waals surface area contributed by atoms with Gasteiger partial charge in [0.05, 0.1) is 12.6 Å². The quantitative estimate of drug-likeness (QED) is 0.154. The molecule has 0 bridgehead atoms. The summed E-state index contributed by atoms with van der Waals surface area (Å²) in [6, 6.07) is 22.7. The number of esters is 1. The minimum absolute atomic E-state index is 0. The van der Waals surface area contributed by atoms with Crippen molar-refractivity contribution in [1.29, 1.82) is 0 Å². The Morgan fingerprint density at radius 1 is 0.894 bits per heavy atom. The number of carbonyl (C=O) groups is 1. The number of nitrogens with zero attached hydrogens (tertiary/aromatic N) is 5. The third-order valence-corrected chi connectivity index (χ3v) is 8.69. The predicted molar refractivity (Wildman–Crippen MR) is 193 cm³/mol. The fourth-order valence-corrected chi connectivity index (χ4v) is 6.07. The number of anilines is 3. The number of benzene rings is 3. The molecule has 4 aromatic rings. The molecule has 1 atom stereocenters. The maximum Gasteiger partial charge on any atom is 0.325 e. The third-order valence-electron chi connectivity index (χ3n) is 8.69. The molecule has 0 radical (unpaired) electrons. The molecule has 6 rings (SSSR count). The molecule has 252 valence electrons. The summed E-state index contributed by atoms with van der Waals surface area (Å²) in [6.07, 6.45) is 0.803. The van der Waals surface area contributed by atoms with Gasteiger partial charge in [0.25, 0.3) is 0 Å². The smallest absolute Gasteiger partial charge is 0.325 e. The highest BCUT2D eigenvalue weighted by molar-refractivity contribution is 5.86. The Kier molecular flexibility index (Phi) is 13.8. The van der Waals surface area contributed by atoms with Gasteiger partial charge >= 0.3 is 5.97 Å². The molecule has 12 heteroatoms. The number of fused-ring (bicyclic) bond motifs is 1. The lowest BCUT2D eigenvalue weighted by molar-refractivity contribution is -0.136. The van der Waals surface area contributed by atoms with E-state index in [1.807, 2.05) is 32.0 Å². The maximum atomic E-state index is 13.4. The van der Waals surface area contributed by atoms with Crippen LogP contribution in [0.5, 0.6) is 5.75 Å². The zero-order chi connectivity index (χ0) is 30.6.